The molecule has 37 heavy (non-hydrogen) atoms. The van der Waals surface area contributed by atoms with Crippen molar-refractivity contribution in [2.75, 3.05) is 13.2 Å². The molecule has 0 aromatic heterocycles. The molecule has 0 bridgehead atoms. The van der Waals surface area contributed by atoms with Crippen molar-refractivity contribution in [2.45, 2.75) is 90.1 Å². The van der Waals surface area contributed by atoms with Gasteiger partial charge in [-0.15, -0.1) is 0 Å². The average Bonchev–Trinajstić information content (AvgIpc) is 3.12. The van der Waals surface area contributed by atoms with E-state index in [1.807, 2.05) is 57.2 Å². The Morgan fingerprint density at radius 3 is 1.92 bits per heavy atom. The minimum absolute atomic E-state index is 0.146. The van der Waals surface area contributed by atoms with Crippen molar-refractivity contribution in [1.82, 2.24) is 5.32 Å². The minimum atomic E-state index is -2.88. The number of hydrogen-bond donors (Lipinski definition) is 2. The summed E-state index contributed by atoms with van der Waals surface area (Å²) in [5, 5.41) is 15.1. The van der Waals surface area contributed by atoms with Gasteiger partial charge in [-0.3, -0.25) is 0 Å². The van der Waals surface area contributed by atoms with Gasteiger partial charge in [-0.25, -0.2) is 4.79 Å². The zero-order chi connectivity index (χ0) is 27.5. The van der Waals surface area contributed by atoms with Crippen molar-refractivity contribution in [1.29, 1.82) is 0 Å². The maximum Gasteiger partial charge on any atom is 0.408 e. The summed E-state index contributed by atoms with van der Waals surface area (Å²) in [7, 11) is -2.88. The predicted octanol–water partition coefficient (Wildman–Crippen LogP) is 3.97. The van der Waals surface area contributed by atoms with E-state index >= 15 is 0 Å². The number of rotatable bonds is 8. The number of aliphatic hydroxyl groups excluding tert-OH is 1. The Morgan fingerprint density at radius 1 is 0.973 bits per heavy atom. The first-order chi connectivity index (χ1) is 17.2. The van der Waals surface area contributed by atoms with Crippen LogP contribution in [0.5, 0.6) is 0 Å². The Morgan fingerprint density at radius 2 is 1.49 bits per heavy atom. The van der Waals surface area contributed by atoms with Crippen LogP contribution >= 0.6 is 0 Å². The SMILES string of the molecule is CC(C)(C)OC(=O)N[C@H](CO[Si](c1ccccc1)(c1ccccc1)C(C)(C)C)[C@@H]1OC(C)(C)O[C@H]1CO. The largest absolute Gasteiger partial charge is 0.444 e. The third kappa shape index (κ3) is 7.00. The molecule has 204 valence electrons. The van der Waals surface area contributed by atoms with E-state index in [2.05, 4.69) is 50.4 Å². The van der Waals surface area contributed by atoms with E-state index in [4.69, 9.17) is 18.6 Å². The molecule has 1 saturated heterocycles. The molecular formula is C29H43NO6Si. The first-order valence-corrected chi connectivity index (χ1v) is 14.8. The van der Waals surface area contributed by atoms with Gasteiger partial charge in [0.05, 0.1) is 19.3 Å². The van der Waals surface area contributed by atoms with Crippen LogP contribution in [-0.2, 0) is 18.6 Å². The van der Waals surface area contributed by atoms with Crippen LogP contribution in [0, 0.1) is 0 Å². The maximum atomic E-state index is 12.9. The number of ether oxygens (including phenoxy) is 3. The lowest BCUT2D eigenvalue weighted by molar-refractivity contribution is -0.151. The molecule has 0 unspecified atom stereocenters. The molecule has 0 spiro atoms. The van der Waals surface area contributed by atoms with Crippen molar-refractivity contribution in [3.8, 4) is 0 Å². The number of carbonyl (C=O) groups is 1. The highest BCUT2D eigenvalue weighted by Crippen LogP contribution is 2.37. The number of aliphatic hydroxyl groups is 1. The summed E-state index contributed by atoms with van der Waals surface area (Å²) >= 11 is 0. The molecule has 2 aromatic rings. The zero-order valence-corrected chi connectivity index (χ0v) is 24.4. The summed E-state index contributed by atoms with van der Waals surface area (Å²) in [5.74, 6) is -0.913. The first-order valence-electron chi connectivity index (χ1n) is 12.9. The number of benzene rings is 2. The van der Waals surface area contributed by atoms with Crippen LogP contribution in [0.1, 0.15) is 55.4 Å². The summed E-state index contributed by atoms with van der Waals surface area (Å²) in [6.45, 7) is 15.5. The average molecular weight is 530 g/mol. The molecular weight excluding hydrogens is 486 g/mol. The molecule has 2 N–H and O–H groups in total. The van der Waals surface area contributed by atoms with Gasteiger partial charge in [0.2, 0.25) is 0 Å². The topological polar surface area (TPSA) is 86.3 Å². The lowest BCUT2D eigenvalue weighted by Crippen LogP contribution is -2.68. The van der Waals surface area contributed by atoms with Crippen LogP contribution in [0.25, 0.3) is 0 Å². The second kappa shape index (κ2) is 11.3. The van der Waals surface area contributed by atoms with E-state index in [1.54, 1.807) is 13.8 Å². The van der Waals surface area contributed by atoms with Gasteiger partial charge in [0.25, 0.3) is 8.32 Å². The van der Waals surface area contributed by atoms with E-state index in [0.29, 0.717) is 0 Å². The van der Waals surface area contributed by atoms with E-state index in [0.717, 1.165) is 10.4 Å². The summed E-state index contributed by atoms with van der Waals surface area (Å²) in [4.78, 5) is 12.9. The van der Waals surface area contributed by atoms with Crippen LogP contribution < -0.4 is 15.7 Å². The van der Waals surface area contributed by atoms with Gasteiger partial charge in [0, 0.05) is 0 Å². The summed E-state index contributed by atoms with van der Waals surface area (Å²) in [6, 6.07) is 20.0. The fourth-order valence-electron chi connectivity index (χ4n) is 5.00. The Bertz CT molecular complexity index is 977. The lowest BCUT2D eigenvalue weighted by Gasteiger charge is -2.44. The number of amides is 1. The van der Waals surface area contributed by atoms with Gasteiger partial charge < -0.3 is 29.1 Å². The van der Waals surface area contributed by atoms with Crippen LogP contribution in [0.4, 0.5) is 4.79 Å². The molecule has 0 aliphatic carbocycles. The fraction of sp³-hybridized carbons (Fsp3) is 0.552. The molecule has 2 aromatic carbocycles. The van der Waals surface area contributed by atoms with E-state index in [-0.39, 0.29) is 18.3 Å². The molecule has 8 heteroatoms. The molecule has 1 aliphatic heterocycles. The van der Waals surface area contributed by atoms with Gasteiger partial charge in [0.15, 0.2) is 5.79 Å². The Hall–Kier alpha value is -2.23. The summed E-state index contributed by atoms with van der Waals surface area (Å²) in [6.07, 6.45) is -1.84. The predicted molar refractivity (Wildman–Crippen MR) is 148 cm³/mol. The van der Waals surface area contributed by atoms with Crippen LogP contribution in [0.3, 0.4) is 0 Å². The van der Waals surface area contributed by atoms with Crippen LogP contribution in [-0.4, -0.2) is 62.4 Å². The van der Waals surface area contributed by atoms with Crippen LogP contribution in [0.2, 0.25) is 5.04 Å². The van der Waals surface area contributed by atoms with Crippen molar-refractivity contribution in [3.63, 3.8) is 0 Å². The number of alkyl carbamates (subject to hydrolysis) is 1. The van der Waals surface area contributed by atoms with Gasteiger partial charge in [-0.05, 0) is 50.0 Å². The quantitative estimate of drug-likeness (QED) is 0.504. The van der Waals surface area contributed by atoms with E-state index < -0.39 is 44.0 Å². The van der Waals surface area contributed by atoms with Crippen molar-refractivity contribution in [2.24, 2.45) is 0 Å². The highest BCUT2D eigenvalue weighted by atomic mass is 28.4. The third-order valence-electron chi connectivity index (χ3n) is 6.40. The first kappa shape index (κ1) is 29.3. The standard InChI is InChI=1S/C29H43NO6Si/c1-27(2,3)36-26(32)30-23(25-24(19-31)34-29(7,8)35-25)20-33-37(28(4,5)6,21-15-11-9-12-16-21)22-17-13-10-14-18-22/h9-18,23-25,31H,19-20H2,1-8H3,(H,30,32)/t23-,24+,25+/m1/s1. The fourth-order valence-corrected chi connectivity index (χ4v) is 9.58. The minimum Gasteiger partial charge on any atom is -0.444 e. The monoisotopic (exact) mass is 529 g/mol. The Balaban J connectivity index is 2.04. The van der Waals surface area contributed by atoms with E-state index in [1.165, 1.54) is 0 Å². The molecule has 1 fully saturated rings. The number of nitrogens with one attached hydrogen (secondary N) is 1. The van der Waals surface area contributed by atoms with Gasteiger partial charge >= 0.3 is 6.09 Å². The Kier molecular flexibility index (Phi) is 8.92. The van der Waals surface area contributed by atoms with Gasteiger partial charge in [-0.1, -0.05) is 81.4 Å². The number of carbonyl (C=O) groups excluding carboxylic acids is 1. The molecule has 0 radical (unpaired) electrons. The molecule has 1 amide bonds. The molecule has 1 aliphatic rings. The van der Waals surface area contributed by atoms with Crippen molar-refractivity contribution < 1.29 is 28.5 Å². The zero-order valence-electron chi connectivity index (χ0n) is 23.4. The molecule has 0 saturated carbocycles. The third-order valence-corrected chi connectivity index (χ3v) is 11.4. The molecule has 7 nitrogen and oxygen atoms in total. The van der Waals surface area contributed by atoms with E-state index in [9.17, 15) is 9.90 Å². The Labute approximate surface area is 222 Å². The maximum absolute atomic E-state index is 12.9. The van der Waals surface area contributed by atoms with Crippen molar-refractivity contribution in [3.05, 3.63) is 60.7 Å². The summed E-state index contributed by atoms with van der Waals surface area (Å²) < 4.78 is 24.8. The second-order valence-electron chi connectivity index (χ2n) is 12.0. The molecule has 3 atom stereocenters. The number of hydrogen-bond acceptors (Lipinski definition) is 6. The van der Waals surface area contributed by atoms with Crippen LogP contribution in [0.15, 0.2) is 60.7 Å². The molecule has 1 heterocycles. The highest BCUT2D eigenvalue weighted by Gasteiger charge is 2.52. The van der Waals surface area contributed by atoms with Gasteiger partial charge in [-0.2, -0.15) is 0 Å². The highest BCUT2D eigenvalue weighted by molar-refractivity contribution is 6.99. The normalized spacial score (nSPS) is 20.9. The lowest BCUT2D eigenvalue weighted by atomic mass is 10.1. The van der Waals surface area contributed by atoms with Crippen molar-refractivity contribution >= 4 is 24.8 Å². The second-order valence-corrected chi connectivity index (χ2v) is 16.4. The smallest absolute Gasteiger partial charge is 0.408 e. The summed E-state index contributed by atoms with van der Waals surface area (Å²) in [5.41, 5.74) is -0.670. The van der Waals surface area contributed by atoms with Gasteiger partial charge in [0.1, 0.15) is 17.8 Å². The molecule has 3 rings (SSSR count).